The third kappa shape index (κ3) is 2.55. The highest BCUT2D eigenvalue weighted by atomic mass is 19.2. The summed E-state index contributed by atoms with van der Waals surface area (Å²) in [4.78, 5) is 6.95. The van der Waals surface area contributed by atoms with Crippen LogP contribution in [0.5, 0.6) is 0 Å². The normalized spacial score (nSPS) is 10.6. The van der Waals surface area contributed by atoms with E-state index in [-0.39, 0.29) is 12.4 Å². The van der Waals surface area contributed by atoms with Gasteiger partial charge in [-0.25, -0.2) is 13.8 Å². The second-order valence-corrected chi connectivity index (χ2v) is 3.31. The molecule has 0 saturated heterocycles. The molecular formula is C10H8F3N3O. The second kappa shape index (κ2) is 4.44. The van der Waals surface area contributed by atoms with Crippen LogP contribution in [0.4, 0.5) is 19.0 Å². The van der Waals surface area contributed by atoms with E-state index in [9.17, 15) is 13.2 Å². The van der Waals surface area contributed by atoms with Gasteiger partial charge in [0.15, 0.2) is 17.5 Å². The zero-order chi connectivity index (χ0) is 12.4. The number of oxazole rings is 1. The van der Waals surface area contributed by atoms with E-state index < -0.39 is 17.6 Å². The molecule has 0 bridgehead atoms. The van der Waals surface area contributed by atoms with Crippen molar-refractivity contribution in [1.82, 2.24) is 9.97 Å². The van der Waals surface area contributed by atoms with Gasteiger partial charge in [0.25, 0.3) is 5.95 Å². The lowest BCUT2D eigenvalue weighted by Gasteiger charge is -2.04. The van der Waals surface area contributed by atoms with E-state index in [0.717, 1.165) is 0 Å². The molecule has 0 atom stereocenters. The molecule has 0 aromatic carbocycles. The van der Waals surface area contributed by atoms with Gasteiger partial charge in [-0.3, -0.25) is 0 Å². The highest BCUT2D eigenvalue weighted by Gasteiger charge is 2.12. The van der Waals surface area contributed by atoms with Crippen molar-refractivity contribution in [1.29, 1.82) is 0 Å². The first-order valence-corrected chi connectivity index (χ1v) is 4.73. The van der Waals surface area contributed by atoms with Crippen molar-refractivity contribution in [2.45, 2.75) is 13.5 Å². The van der Waals surface area contributed by atoms with Crippen LogP contribution in [0.1, 0.15) is 11.7 Å². The number of nitrogens with zero attached hydrogens (tertiary/aromatic N) is 2. The van der Waals surface area contributed by atoms with E-state index in [1.165, 1.54) is 6.20 Å². The lowest BCUT2D eigenvalue weighted by atomic mass is 10.4. The standard InChI is InChI=1S/C10H8F3N3O/c1-5-3-14-8(17-5)4-15-10-7(12)2-6(11)9(13)16-10/h2-3H,4H2,1H3,(H,15,16). The summed E-state index contributed by atoms with van der Waals surface area (Å²) in [7, 11) is 0. The summed E-state index contributed by atoms with van der Waals surface area (Å²) in [6.07, 6.45) is 1.49. The molecule has 0 unspecified atom stereocenters. The summed E-state index contributed by atoms with van der Waals surface area (Å²) < 4.78 is 43.6. The minimum absolute atomic E-state index is 0.0306. The minimum atomic E-state index is -1.36. The van der Waals surface area contributed by atoms with Crippen molar-refractivity contribution in [3.8, 4) is 0 Å². The van der Waals surface area contributed by atoms with Gasteiger partial charge in [-0.15, -0.1) is 0 Å². The molecule has 4 nitrogen and oxygen atoms in total. The number of hydrogen-bond donors (Lipinski definition) is 1. The molecule has 0 aliphatic rings. The van der Waals surface area contributed by atoms with E-state index in [2.05, 4.69) is 15.3 Å². The zero-order valence-corrected chi connectivity index (χ0v) is 8.80. The lowest BCUT2D eigenvalue weighted by Crippen LogP contribution is -2.06. The van der Waals surface area contributed by atoms with Gasteiger partial charge in [-0.2, -0.15) is 9.37 Å². The summed E-state index contributed by atoms with van der Waals surface area (Å²) in [5, 5.41) is 2.46. The molecule has 2 rings (SSSR count). The van der Waals surface area contributed by atoms with Crippen LogP contribution in [-0.2, 0) is 6.54 Å². The second-order valence-electron chi connectivity index (χ2n) is 3.31. The molecule has 17 heavy (non-hydrogen) atoms. The van der Waals surface area contributed by atoms with Crippen molar-refractivity contribution < 1.29 is 17.6 Å². The largest absolute Gasteiger partial charge is 0.444 e. The maximum Gasteiger partial charge on any atom is 0.251 e. The van der Waals surface area contributed by atoms with Gasteiger partial charge in [0.05, 0.1) is 12.7 Å². The van der Waals surface area contributed by atoms with Crippen molar-refractivity contribution in [3.05, 3.63) is 41.5 Å². The number of aryl methyl sites for hydroxylation is 1. The summed E-state index contributed by atoms with van der Waals surface area (Å²) in [6.45, 7) is 1.73. The first-order valence-electron chi connectivity index (χ1n) is 4.73. The topological polar surface area (TPSA) is 51.0 Å². The summed E-state index contributed by atoms with van der Waals surface area (Å²) in [5.74, 6) is -3.17. The lowest BCUT2D eigenvalue weighted by molar-refractivity contribution is 0.462. The van der Waals surface area contributed by atoms with Crippen LogP contribution in [-0.4, -0.2) is 9.97 Å². The van der Waals surface area contributed by atoms with Gasteiger partial charge in [-0.1, -0.05) is 0 Å². The van der Waals surface area contributed by atoms with Gasteiger partial charge in [0.1, 0.15) is 5.76 Å². The fraction of sp³-hybridized carbons (Fsp3) is 0.200. The third-order valence-corrected chi connectivity index (χ3v) is 1.96. The Labute approximate surface area is 94.5 Å². The maximum absolute atomic E-state index is 13.2. The molecule has 90 valence electrons. The Bertz CT molecular complexity index is 542. The summed E-state index contributed by atoms with van der Waals surface area (Å²) in [5.41, 5.74) is 0. The predicted molar refractivity (Wildman–Crippen MR) is 52.7 cm³/mol. The molecule has 2 heterocycles. The van der Waals surface area contributed by atoms with E-state index in [1.54, 1.807) is 6.92 Å². The Morgan fingerprint density at radius 3 is 2.71 bits per heavy atom. The number of hydrogen-bond acceptors (Lipinski definition) is 4. The highest BCUT2D eigenvalue weighted by Crippen LogP contribution is 2.15. The van der Waals surface area contributed by atoms with Crippen LogP contribution < -0.4 is 5.32 Å². The van der Waals surface area contributed by atoms with E-state index in [4.69, 9.17) is 4.42 Å². The van der Waals surface area contributed by atoms with Gasteiger partial charge >= 0.3 is 0 Å². The molecule has 2 aromatic rings. The Morgan fingerprint density at radius 2 is 2.06 bits per heavy atom. The number of aromatic nitrogens is 2. The average molecular weight is 243 g/mol. The van der Waals surface area contributed by atoms with E-state index >= 15 is 0 Å². The van der Waals surface area contributed by atoms with Gasteiger partial charge in [0, 0.05) is 6.07 Å². The molecule has 0 saturated carbocycles. The quantitative estimate of drug-likeness (QED) is 0.841. The Kier molecular flexibility index (Phi) is 2.99. The van der Waals surface area contributed by atoms with Gasteiger partial charge in [0.2, 0.25) is 5.89 Å². The van der Waals surface area contributed by atoms with Gasteiger partial charge < -0.3 is 9.73 Å². The SMILES string of the molecule is Cc1cnc(CNc2nc(F)c(F)cc2F)o1. The number of rotatable bonds is 3. The Morgan fingerprint density at radius 1 is 1.29 bits per heavy atom. The minimum Gasteiger partial charge on any atom is -0.444 e. The monoisotopic (exact) mass is 243 g/mol. The van der Waals surface area contributed by atoms with Crippen LogP contribution in [0.25, 0.3) is 0 Å². The fourth-order valence-corrected chi connectivity index (χ4v) is 1.21. The van der Waals surface area contributed by atoms with Crippen LogP contribution >= 0.6 is 0 Å². The average Bonchev–Trinajstić information content (AvgIpc) is 2.68. The van der Waals surface area contributed by atoms with Crippen LogP contribution in [0.15, 0.2) is 16.7 Å². The maximum atomic E-state index is 13.2. The van der Waals surface area contributed by atoms with Crippen molar-refractivity contribution in [3.63, 3.8) is 0 Å². The Hall–Kier alpha value is -2.05. The third-order valence-electron chi connectivity index (χ3n) is 1.96. The number of halogens is 3. The molecule has 7 heteroatoms. The Balaban J connectivity index is 2.11. The van der Waals surface area contributed by atoms with Crippen LogP contribution in [0, 0.1) is 24.5 Å². The molecule has 2 aromatic heterocycles. The predicted octanol–water partition coefficient (Wildman–Crippen LogP) is 2.41. The highest BCUT2D eigenvalue weighted by molar-refractivity contribution is 5.36. The first-order chi connectivity index (χ1) is 8.06. The molecule has 0 amide bonds. The molecule has 0 fully saturated rings. The van der Waals surface area contributed by atoms with Crippen molar-refractivity contribution in [2.24, 2.45) is 0 Å². The zero-order valence-electron chi connectivity index (χ0n) is 8.80. The summed E-state index contributed by atoms with van der Waals surface area (Å²) in [6, 6.07) is 0.422. The van der Waals surface area contributed by atoms with Crippen molar-refractivity contribution >= 4 is 5.82 Å². The number of pyridine rings is 1. The van der Waals surface area contributed by atoms with Crippen LogP contribution in [0.2, 0.25) is 0 Å². The smallest absolute Gasteiger partial charge is 0.251 e. The number of anilines is 1. The van der Waals surface area contributed by atoms with E-state index in [0.29, 0.717) is 17.7 Å². The van der Waals surface area contributed by atoms with Crippen molar-refractivity contribution in [2.75, 3.05) is 5.32 Å². The fourth-order valence-electron chi connectivity index (χ4n) is 1.21. The molecule has 0 radical (unpaired) electrons. The van der Waals surface area contributed by atoms with Gasteiger partial charge in [-0.05, 0) is 6.92 Å². The van der Waals surface area contributed by atoms with E-state index in [1.807, 2.05) is 0 Å². The molecule has 0 spiro atoms. The molecular weight excluding hydrogens is 235 g/mol. The molecule has 0 aliphatic carbocycles. The molecule has 0 aliphatic heterocycles. The molecule has 1 N–H and O–H groups in total. The van der Waals surface area contributed by atoms with Crippen LogP contribution in [0.3, 0.4) is 0 Å². The number of nitrogens with one attached hydrogen (secondary N) is 1. The first kappa shape index (κ1) is 11.4. The summed E-state index contributed by atoms with van der Waals surface area (Å²) >= 11 is 0.